The number of rotatable bonds is 5. The molecular formula is C12H18N2O2. The molecule has 0 saturated carbocycles. The number of hydrogen-bond acceptors (Lipinski definition) is 3. The molecule has 0 radical (unpaired) electrons. The van der Waals surface area contributed by atoms with Crippen LogP contribution < -0.4 is 15.8 Å². The average molecular weight is 222 g/mol. The Kier molecular flexibility index (Phi) is 4.79. The molecule has 1 amide bonds. The second kappa shape index (κ2) is 6.12. The molecule has 88 valence electrons. The second-order valence-electron chi connectivity index (χ2n) is 3.75. The van der Waals surface area contributed by atoms with E-state index in [-0.39, 0.29) is 12.0 Å². The minimum absolute atomic E-state index is 0.0764. The summed E-state index contributed by atoms with van der Waals surface area (Å²) in [5.41, 5.74) is 6.00. The summed E-state index contributed by atoms with van der Waals surface area (Å²) in [6.07, 6.45) is 0.392. The lowest BCUT2D eigenvalue weighted by atomic mass is 10.2. The van der Waals surface area contributed by atoms with E-state index in [9.17, 15) is 4.79 Å². The number of anilines is 1. The van der Waals surface area contributed by atoms with Crippen LogP contribution in [0.5, 0.6) is 5.75 Å². The highest BCUT2D eigenvalue weighted by atomic mass is 16.5. The van der Waals surface area contributed by atoms with Gasteiger partial charge < -0.3 is 15.8 Å². The second-order valence-corrected chi connectivity index (χ2v) is 3.75. The number of carbonyl (C=O) groups is 1. The van der Waals surface area contributed by atoms with Crippen molar-refractivity contribution in [3.8, 4) is 5.75 Å². The van der Waals surface area contributed by atoms with E-state index in [1.54, 1.807) is 0 Å². The molecule has 1 rings (SSSR count). The van der Waals surface area contributed by atoms with E-state index in [2.05, 4.69) is 5.32 Å². The molecule has 4 heteroatoms. The molecule has 1 aromatic rings. The number of carbonyl (C=O) groups excluding carboxylic acids is 1. The number of ether oxygens (including phenoxy) is 1. The van der Waals surface area contributed by atoms with E-state index in [1.165, 1.54) is 0 Å². The molecule has 0 aliphatic carbocycles. The van der Waals surface area contributed by atoms with Gasteiger partial charge in [0.2, 0.25) is 5.91 Å². The summed E-state index contributed by atoms with van der Waals surface area (Å²) in [6.45, 7) is 4.23. The first-order valence-electron chi connectivity index (χ1n) is 5.39. The maximum Gasteiger partial charge on any atom is 0.225 e. The van der Waals surface area contributed by atoms with Gasteiger partial charge in [0.05, 0.1) is 11.8 Å². The van der Waals surface area contributed by atoms with E-state index in [4.69, 9.17) is 10.5 Å². The minimum atomic E-state index is -0.0951. The SMILES string of the molecule is CC(C)Oc1ccccc1NC(=O)CCN. The summed E-state index contributed by atoms with van der Waals surface area (Å²) in [5.74, 6) is 0.588. The van der Waals surface area contributed by atoms with Gasteiger partial charge in [-0.2, -0.15) is 0 Å². The van der Waals surface area contributed by atoms with Crippen LogP contribution in [0.2, 0.25) is 0 Å². The van der Waals surface area contributed by atoms with Crippen molar-refractivity contribution in [2.75, 3.05) is 11.9 Å². The summed E-state index contributed by atoms with van der Waals surface area (Å²) in [4.78, 5) is 11.4. The standard InChI is InChI=1S/C12H18N2O2/c1-9(2)16-11-6-4-3-5-10(11)14-12(15)7-8-13/h3-6,9H,7-8,13H2,1-2H3,(H,14,15). The van der Waals surface area contributed by atoms with Gasteiger partial charge in [0, 0.05) is 13.0 Å². The normalized spacial score (nSPS) is 10.2. The molecule has 0 spiro atoms. The van der Waals surface area contributed by atoms with Crippen LogP contribution in [-0.4, -0.2) is 18.6 Å². The Hall–Kier alpha value is -1.55. The third-order valence-corrected chi connectivity index (χ3v) is 1.90. The average Bonchev–Trinajstić information content (AvgIpc) is 2.20. The lowest BCUT2D eigenvalue weighted by Gasteiger charge is -2.14. The van der Waals surface area contributed by atoms with Gasteiger partial charge in [-0.1, -0.05) is 12.1 Å². The maximum atomic E-state index is 11.4. The topological polar surface area (TPSA) is 64.3 Å². The fraction of sp³-hybridized carbons (Fsp3) is 0.417. The summed E-state index contributed by atoms with van der Waals surface area (Å²) >= 11 is 0. The van der Waals surface area contributed by atoms with Crippen LogP contribution in [-0.2, 0) is 4.79 Å². The van der Waals surface area contributed by atoms with Crippen molar-refractivity contribution in [2.24, 2.45) is 5.73 Å². The molecule has 0 fully saturated rings. The predicted octanol–water partition coefficient (Wildman–Crippen LogP) is 1.76. The molecule has 0 heterocycles. The Morgan fingerprint density at radius 3 is 2.75 bits per heavy atom. The lowest BCUT2D eigenvalue weighted by molar-refractivity contribution is -0.116. The monoisotopic (exact) mass is 222 g/mol. The van der Waals surface area contributed by atoms with Gasteiger partial charge in [-0.25, -0.2) is 0 Å². The van der Waals surface area contributed by atoms with Gasteiger partial charge >= 0.3 is 0 Å². The first-order chi connectivity index (χ1) is 7.63. The molecule has 0 aliphatic heterocycles. The van der Waals surface area contributed by atoms with Crippen molar-refractivity contribution < 1.29 is 9.53 Å². The first-order valence-corrected chi connectivity index (χ1v) is 5.39. The number of amides is 1. The number of nitrogens with two attached hydrogens (primary N) is 1. The van der Waals surface area contributed by atoms with Gasteiger partial charge in [0.25, 0.3) is 0 Å². The van der Waals surface area contributed by atoms with Crippen molar-refractivity contribution in [2.45, 2.75) is 26.4 Å². The third kappa shape index (κ3) is 3.90. The Labute approximate surface area is 95.8 Å². The molecule has 1 aromatic carbocycles. The van der Waals surface area contributed by atoms with Crippen LogP contribution in [0.4, 0.5) is 5.69 Å². The maximum absolute atomic E-state index is 11.4. The zero-order valence-corrected chi connectivity index (χ0v) is 9.69. The number of hydrogen-bond donors (Lipinski definition) is 2. The summed E-state index contributed by atoms with van der Waals surface area (Å²) in [6, 6.07) is 7.37. The van der Waals surface area contributed by atoms with Crippen molar-refractivity contribution in [3.05, 3.63) is 24.3 Å². The smallest absolute Gasteiger partial charge is 0.225 e. The zero-order valence-electron chi connectivity index (χ0n) is 9.69. The summed E-state index contributed by atoms with van der Waals surface area (Å²) in [7, 11) is 0. The van der Waals surface area contributed by atoms with Gasteiger partial charge in [0.1, 0.15) is 5.75 Å². The van der Waals surface area contributed by atoms with Crippen molar-refractivity contribution in [3.63, 3.8) is 0 Å². The molecule has 16 heavy (non-hydrogen) atoms. The molecule has 0 unspecified atom stereocenters. The highest BCUT2D eigenvalue weighted by Gasteiger charge is 2.07. The number of nitrogens with one attached hydrogen (secondary N) is 1. The van der Waals surface area contributed by atoms with Gasteiger partial charge in [-0.15, -0.1) is 0 Å². The van der Waals surface area contributed by atoms with E-state index in [0.29, 0.717) is 24.4 Å². The molecule has 0 saturated heterocycles. The molecule has 0 bridgehead atoms. The zero-order chi connectivity index (χ0) is 12.0. The van der Waals surface area contributed by atoms with Gasteiger partial charge in [0.15, 0.2) is 0 Å². The van der Waals surface area contributed by atoms with Crippen LogP contribution in [0.25, 0.3) is 0 Å². The van der Waals surface area contributed by atoms with Crippen molar-refractivity contribution in [1.29, 1.82) is 0 Å². The Balaban J connectivity index is 2.74. The summed E-state index contributed by atoms with van der Waals surface area (Å²) in [5, 5.41) is 2.77. The van der Waals surface area contributed by atoms with Crippen LogP contribution in [0.15, 0.2) is 24.3 Å². The quantitative estimate of drug-likeness (QED) is 0.798. The van der Waals surface area contributed by atoms with E-state index >= 15 is 0 Å². The third-order valence-electron chi connectivity index (χ3n) is 1.90. The first kappa shape index (κ1) is 12.5. The van der Waals surface area contributed by atoms with Crippen molar-refractivity contribution >= 4 is 11.6 Å². The molecule has 4 nitrogen and oxygen atoms in total. The molecule has 0 atom stereocenters. The van der Waals surface area contributed by atoms with E-state index in [1.807, 2.05) is 38.1 Å². The fourth-order valence-corrected chi connectivity index (χ4v) is 1.27. The van der Waals surface area contributed by atoms with Gasteiger partial charge in [-0.05, 0) is 26.0 Å². The predicted molar refractivity (Wildman–Crippen MR) is 64.5 cm³/mol. The summed E-state index contributed by atoms with van der Waals surface area (Å²) < 4.78 is 5.58. The van der Waals surface area contributed by atoms with Crippen LogP contribution in [0, 0.1) is 0 Å². The fourth-order valence-electron chi connectivity index (χ4n) is 1.27. The number of para-hydroxylation sites is 2. The molecule has 0 aromatic heterocycles. The van der Waals surface area contributed by atoms with E-state index in [0.717, 1.165) is 0 Å². The number of benzene rings is 1. The highest BCUT2D eigenvalue weighted by Crippen LogP contribution is 2.24. The lowest BCUT2D eigenvalue weighted by Crippen LogP contribution is -2.17. The van der Waals surface area contributed by atoms with E-state index < -0.39 is 0 Å². The largest absolute Gasteiger partial charge is 0.489 e. The van der Waals surface area contributed by atoms with Crippen LogP contribution in [0.1, 0.15) is 20.3 Å². The Morgan fingerprint density at radius 2 is 2.12 bits per heavy atom. The Bertz CT molecular complexity index is 351. The minimum Gasteiger partial charge on any atom is -0.489 e. The van der Waals surface area contributed by atoms with Crippen LogP contribution >= 0.6 is 0 Å². The Morgan fingerprint density at radius 1 is 1.44 bits per heavy atom. The molecule has 0 aliphatic rings. The highest BCUT2D eigenvalue weighted by molar-refractivity contribution is 5.92. The molecule has 3 N–H and O–H groups in total. The molecular weight excluding hydrogens is 204 g/mol. The van der Waals surface area contributed by atoms with Gasteiger partial charge in [-0.3, -0.25) is 4.79 Å². The van der Waals surface area contributed by atoms with Crippen molar-refractivity contribution in [1.82, 2.24) is 0 Å². The van der Waals surface area contributed by atoms with Crippen LogP contribution in [0.3, 0.4) is 0 Å².